The number of anilines is 1. The molecule has 0 aliphatic carbocycles. The van der Waals surface area contributed by atoms with Crippen LogP contribution in [0.15, 0.2) is 73.2 Å². The van der Waals surface area contributed by atoms with Crippen LogP contribution in [0.2, 0.25) is 0 Å². The predicted molar refractivity (Wildman–Crippen MR) is 96.1 cm³/mol. The second kappa shape index (κ2) is 7.92. The fourth-order valence-electron chi connectivity index (χ4n) is 2.14. The number of pyridine rings is 1. The molecule has 1 unspecified atom stereocenters. The van der Waals surface area contributed by atoms with E-state index in [9.17, 15) is 4.79 Å². The molecular formula is C18H21N5O. The zero-order valence-electron chi connectivity index (χ0n) is 13.9. The molecule has 0 saturated heterocycles. The highest BCUT2D eigenvalue weighted by molar-refractivity contribution is 5.91. The Morgan fingerprint density at radius 1 is 1.38 bits per heavy atom. The molecule has 0 aliphatic heterocycles. The lowest BCUT2D eigenvalue weighted by atomic mass is 10.0. The number of aromatic nitrogens is 3. The molecule has 0 spiro atoms. The smallest absolute Gasteiger partial charge is 0.320 e. The Morgan fingerprint density at radius 2 is 2.17 bits per heavy atom. The van der Waals surface area contributed by atoms with Crippen LogP contribution in [0.3, 0.4) is 0 Å². The van der Waals surface area contributed by atoms with E-state index in [2.05, 4.69) is 33.9 Å². The molecule has 2 aromatic heterocycles. The van der Waals surface area contributed by atoms with Crippen molar-refractivity contribution in [2.45, 2.75) is 19.9 Å². The summed E-state index contributed by atoms with van der Waals surface area (Å²) in [5.41, 5.74) is 2.26. The Bertz CT molecular complexity index is 759. The van der Waals surface area contributed by atoms with Crippen molar-refractivity contribution < 1.29 is 4.79 Å². The first-order chi connectivity index (χ1) is 11.6. The Morgan fingerprint density at radius 3 is 2.79 bits per heavy atom. The zero-order chi connectivity index (χ0) is 17.5. The molecule has 2 heterocycles. The molecule has 2 aromatic rings. The van der Waals surface area contributed by atoms with E-state index in [1.807, 2.05) is 19.9 Å². The Labute approximate surface area is 141 Å². The Balaban J connectivity index is 2.18. The van der Waals surface area contributed by atoms with E-state index in [0.717, 1.165) is 11.1 Å². The summed E-state index contributed by atoms with van der Waals surface area (Å²) in [6.07, 6.45) is 8.62. The van der Waals surface area contributed by atoms with Crippen molar-refractivity contribution in [3.8, 4) is 5.82 Å². The lowest BCUT2D eigenvalue weighted by Crippen LogP contribution is -2.39. The van der Waals surface area contributed by atoms with E-state index in [1.165, 1.54) is 0 Å². The van der Waals surface area contributed by atoms with E-state index < -0.39 is 0 Å². The predicted octanol–water partition coefficient (Wildman–Crippen LogP) is 3.47. The van der Waals surface area contributed by atoms with Crippen LogP contribution in [0.4, 0.5) is 10.5 Å². The van der Waals surface area contributed by atoms with Crippen LogP contribution in [-0.4, -0.2) is 26.8 Å². The first-order valence-electron chi connectivity index (χ1n) is 7.53. The summed E-state index contributed by atoms with van der Waals surface area (Å²) in [5, 5.41) is 9.85. The third-order valence-corrected chi connectivity index (χ3v) is 3.58. The molecule has 6 heteroatoms. The summed E-state index contributed by atoms with van der Waals surface area (Å²) in [6, 6.07) is 4.64. The highest BCUT2D eigenvalue weighted by Gasteiger charge is 2.16. The summed E-state index contributed by atoms with van der Waals surface area (Å²) in [7, 11) is 0. The summed E-state index contributed by atoms with van der Waals surface area (Å²) >= 11 is 0. The van der Waals surface area contributed by atoms with Crippen LogP contribution in [0.25, 0.3) is 5.82 Å². The van der Waals surface area contributed by atoms with E-state index in [-0.39, 0.29) is 12.1 Å². The number of amides is 2. The topological polar surface area (TPSA) is 71.8 Å². The number of carbonyl (C=O) groups is 1. The third kappa shape index (κ3) is 3.98. The second-order valence-electron chi connectivity index (χ2n) is 5.17. The van der Waals surface area contributed by atoms with Gasteiger partial charge in [-0.2, -0.15) is 5.10 Å². The minimum absolute atomic E-state index is 0.308. The minimum Gasteiger partial charge on any atom is -0.327 e. The molecule has 2 rings (SSSR count). The van der Waals surface area contributed by atoms with Gasteiger partial charge in [0.15, 0.2) is 5.82 Å². The zero-order valence-corrected chi connectivity index (χ0v) is 13.9. The van der Waals surface area contributed by atoms with Crippen LogP contribution in [0.1, 0.15) is 13.8 Å². The first kappa shape index (κ1) is 17.2. The third-order valence-electron chi connectivity index (χ3n) is 3.58. The van der Waals surface area contributed by atoms with Crippen LogP contribution < -0.4 is 10.6 Å². The molecule has 2 amide bonds. The molecule has 124 valence electrons. The van der Waals surface area contributed by atoms with Crippen molar-refractivity contribution in [2.75, 3.05) is 5.32 Å². The average molecular weight is 323 g/mol. The van der Waals surface area contributed by atoms with E-state index in [4.69, 9.17) is 0 Å². The minimum atomic E-state index is -0.356. The van der Waals surface area contributed by atoms with Crippen LogP contribution in [-0.2, 0) is 0 Å². The van der Waals surface area contributed by atoms with Gasteiger partial charge in [-0.1, -0.05) is 30.9 Å². The lowest BCUT2D eigenvalue weighted by Gasteiger charge is -2.21. The van der Waals surface area contributed by atoms with Gasteiger partial charge in [-0.05, 0) is 37.6 Å². The van der Waals surface area contributed by atoms with Gasteiger partial charge in [-0.25, -0.2) is 14.5 Å². The molecule has 0 saturated carbocycles. The Kier molecular flexibility index (Phi) is 5.68. The van der Waals surface area contributed by atoms with Gasteiger partial charge in [0, 0.05) is 18.6 Å². The van der Waals surface area contributed by atoms with Gasteiger partial charge >= 0.3 is 6.03 Å². The number of nitrogens with zero attached hydrogens (tertiary/aromatic N) is 3. The number of hydrogen-bond donors (Lipinski definition) is 2. The number of hydrogen-bond acceptors (Lipinski definition) is 3. The molecule has 0 bridgehead atoms. The van der Waals surface area contributed by atoms with Crippen molar-refractivity contribution in [2.24, 2.45) is 0 Å². The molecule has 0 radical (unpaired) electrons. The fourth-order valence-corrected chi connectivity index (χ4v) is 2.14. The van der Waals surface area contributed by atoms with Crippen LogP contribution >= 0.6 is 0 Å². The summed E-state index contributed by atoms with van der Waals surface area (Å²) < 4.78 is 1.59. The number of carbonyl (C=O) groups excluding carboxylic acids is 1. The van der Waals surface area contributed by atoms with Gasteiger partial charge in [-0.3, -0.25) is 0 Å². The summed E-state index contributed by atoms with van der Waals surface area (Å²) in [4.78, 5) is 16.7. The largest absolute Gasteiger partial charge is 0.327 e. The highest BCUT2D eigenvalue weighted by atomic mass is 16.2. The molecule has 0 aromatic carbocycles. The van der Waals surface area contributed by atoms with Crippen molar-refractivity contribution in [3.63, 3.8) is 0 Å². The van der Waals surface area contributed by atoms with Gasteiger partial charge in [0.05, 0.1) is 11.7 Å². The van der Waals surface area contributed by atoms with Gasteiger partial charge in [0.1, 0.15) is 0 Å². The van der Waals surface area contributed by atoms with Gasteiger partial charge < -0.3 is 10.6 Å². The maximum atomic E-state index is 12.4. The Hall–Kier alpha value is -3.15. The fraction of sp³-hybridized carbons (Fsp3) is 0.167. The molecule has 2 N–H and O–H groups in total. The number of urea groups is 1. The van der Waals surface area contributed by atoms with E-state index >= 15 is 0 Å². The monoisotopic (exact) mass is 323 g/mol. The number of nitrogens with one attached hydrogen (secondary N) is 2. The molecule has 0 aliphatic rings. The maximum absolute atomic E-state index is 12.4. The summed E-state index contributed by atoms with van der Waals surface area (Å²) in [5.74, 6) is 0.541. The quantitative estimate of drug-likeness (QED) is 0.631. The van der Waals surface area contributed by atoms with Crippen molar-refractivity contribution in [1.29, 1.82) is 0 Å². The highest BCUT2D eigenvalue weighted by Crippen LogP contribution is 2.17. The summed E-state index contributed by atoms with van der Waals surface area (Å²) in [6.45, 7) is 11.5. The molecule has 24 heavy (non-hydrogen) atoms. The van der Waals surface area contributed by atoms with E-state index in [1.54, 1.807) is 47.5 Å². The number of allylic oxidation sites excluding steroid dienone is 1. The van der Waals surface area contributed by atoms with Gasteiger partial charge in [0.25, 0.3) is 0 Å². The van der Waals surface area contributed by atoms with E-state index in [0.29, 0.717) is 11.5 Å². The van der Waals surface area contributed by atoms with Crippen molar-refractivity contribution in [1.82, 2.24) is 20.1 Å². The van der Waals surface area contributed by atoms with Crippen molar-refractivity contribution in [3.05, 3.63) is 73.2 Å². The lowest BCUT2D eigenvalue weighted by molar-refractivity contribution is 0.251. The number of rotatable bonds is 6. The standard InChI is InChI=1S/C18H21N5O/c1-5-13(3)16(14(4)6-2)22-18(24)21-15-9-7-10-19-17(15)23-12-8-11-20-23/h5-12,16H,1,3H2,2,4H3,(H2,21,22,24)/b14-6+. The van der Waals surface area contributed by atoms with Crippen molar-refractivity contribution >= 4 is 11.7 Å². The molecule has 6 nitrogen and oxygen atoms in total. The van der Waals surface area contributed by atoms with Crippen LogP contribution in [0.5, 0.6) is 0 Å². The molecular weight excluding hydrogens is 302 g/mol. The molecule has 0 fully saturated rings. The van der Waals surface area contributed by atoms with Gasteiger partial charge in [-0.15, -0.1) is 0 Å². The average Bonchev–Trinajstić information content (AvgIpc) is 3.13. The normalized spacial score (nSPS) is 12.3. The maximum Gasteiger partial charge on any atom is 0.320 e. The van der Waals surface area contributed by atoms with Gasteiger partial charge in [0.2, 0.25) is 0 Å². The van der Waals surface area contributed by atoms with Crippen LogP contribution in [0, 0.1) is 0 Å². The second-order valence-corrected chi connectivity index (χ2v) is 5.17. The SMILES string of the molecule is C=CC(=C)C(NC(=O)Nc1cccnc1-n1cccn1)/C(C)=C/C. The first-order valence-corrected chi connectivity index (χ1v) is 7.53. The molecule has 1 atom stereocenters.